The fraction of sp³-hybridized carbons (Fsp3) is 0.120. The molecule has 0 bridgehead atoms. The fourth-order valence-corrected chi connectivity index (χ4v) is 3.63. The number of para-hydroxylation sites is 1. The normalized spacial score (nSPS) is 11.7. The van der Waals surface area contributed by atoms with Gasteiger partial charge in [0.15, 0.2) is 11.5 Å². The third kappa shape index (κ3) is 3.65. The number of phenolic OH excluding ortho intramolecular Hbond substituents is 2. The van der Waals surface area contributed by atoms with Crippen molar-refractivity contribution in [3.63, 3.8) is 0 Å². The van der Waals surface area contributed by atoms with Crippen LogP contribution in [0.4, 0.5) is 0 Å². The van der Waals surface area contributed by atoms with Gasteiger partial charge < -0.3 is 15.3 Å². The molecule has 1 aromatic heterocycles. The second kappa shape index (κ2) is 8.11. The van der Waals surface area contributed by atoms with Crippen LogP contribution in [0.1, 0.15) is 34.0 Å². The van der Waals surface area contributed by atoms with Gasteiger partial charge in [-0.3, -0.25) is 9.36 Å². The van der Waals surface area contributed by atoms with Gasteiger partial charge in [-0.25, -0.2) is 5.43 Å². The van der Waals surface area contributed by atoms with E-state index < -0.39 is 11.7 Å². The molecule has 0 aliphatic rings. The minimum atomic E-state index is -0.558. The molecule has 0 aliphatic heterocycles. The molecule has 3 aromatic carbocycles. The largest absolute Gasteiger partial charge is 0.504 e. The zero-order valence-electron chi connectivity index (χ0n) is 17.9. The molecule has 4 N–H and O–H groups in total. The number of hydrogen-bond acceptors (Lipinski definition) is 5. The summed E-state index contributed by atoms with van der Waals surface area (Å²) in [5.74, 6) is -1.25. The van der Waals surface area contributed by atoms with Gasteiger partial charge in [0.05, 0.1) is 16.8 Å². The number of carbonyl (C=O) groups excluding carboxylic acids is 1. The van der Waals surface area contributed by atoms with Crippen molar-refractivity contribution in [2.45, 2.75) is 20.8 Å². The number of aryl methyl sites for hydroxylation is 2. The van der Waals surface area contributed by atoms with Gasteiger partial charge in [0.1, 0.15) is 0 Å². The molecule has 162 valence electrons. The van der Waals surface area contributed by atoms with Crippen molar-refractivity contribution < 1.29 is 20.1 Å². The molecule has 0 radical (unpaired) electrons. The lowest BCUT2D eigenvalue weighted by Crippen LogP contribution is -2.19. The number of nitrogens with zero attached hydrogens (tertiary/aromatic N) is 2. The first-order valence-corrected chi connectivity index (χ1v) is 10.0. The highest BCUT2D eigenvalue weighted by atomic mass is 16.3. The van der Waals surface area contributed by atoms with Gasteiger partial charge in [-0.05, 0) is 68.3 Å². The van der Waals surface area contributed by atoms with Crippen LogP contribution >= 0.6 is 0 Å². The quantitative estimate of drug-likeness (QED) is 0.217. The number of hydrazone groups is 1. The topological polar surface area (TPSA) is 107 Å². The standard InChI is InChI=1S/C25H23N3O4/c1-14-8-10-18(12-15(14)2)28-20-7-5-4-6-19(20)23(25(28)32)16(3)26-27-24(31)17-9-11-21(29)22(30)13-17/h4-13,29-30,32H,1-3H3,(H,27,31). The summed E-state index contributed by atoms with van der Waals surface area (Å²) < 4.78 is 1.76. The number of benzene rings is 3. The average Bonchev–Trinajstić information content (AvgIpc) is 3.07. The molecule has 0 saturated carbocycles. The first-order chi connectivity index (χ1) is 15.3. The van der Waals surface area contributed by atoms with Crippen molar-refractivity contribution in [2.24, 2.45) is 5.10 Å². The number of rotatable bonds is 4. The van der Waals surface area contributed by atoms with Crippen LogP contribution in [0.3, 0.4) is 0 Å². The van der Waals surface area contributed by atoms with Crippen molar-refractivity contribution in [3.8, 4) is 23.1 Å². The van der Waals surface area contributed by atoms with E-state index in [9.17, 15) is 20.1 Å². The van der Waals surface area contributed by atoms with Gasteiger partial charge in [-0.2, -0.15) is 5.10 Å². The van der Waals surface area contributed by atoms with Gasteiger partial charge in [0.25, 0.3) is 5.91 Å². The summed E-state index contributed by atoms with van der Waals surface area (Å²) in [6, 6.07) is 17.3. The summed E-state index contributed by atoms with van der Waals surface area (Å²) in [6.45, 7) is 5.75. The van der Waals surface area contributed by atoms with Crippen LogP contribution in [0.2, 0.25) is 0 Å². The SMILES string of the molecule is CC(=NNC(=O)c1ccc(O)c(O)c1)c1c(O)n(-c2ccc(C)c(C)c2)c2ccccc12. The third-order valence-corrected chi connectivity index (χ3v) is 5.52. The smallest absolute Gasteiger partial charge is 0.271 e. The first kappa shape index (κ1) is 21.0. The highest BCUT2D eigenvalue weighted by Gasteiger charge is 2.20. The van der Waals surface area contributed by atoms with E-state index in [1.165, 1.54) is 12.1 Å². The number of nitrogens with one attached hydrogen (secondary N) is 1. The molecule has 4 aromatic rings. The van der Waals surface area contributed by atoms with Gasteiger partial charge in [0.2, 0.25) is 5.88 Å². The second-order valence-electron chi connectivity index (χ2n) is 7.66. The van der Waals surface area contributed by atoms with Gasteiger partial charge in [-0.1, -0.05) is 24.3 Å². The zero-order valence-corrected chi connectivity index (χ0v) is 17.9. The molecule has 0 saturated heterocycles. The first-order valence-electron chi connectivity index (χ1n) is 10.0. The Labute approximate surface area is 184 Å². The molecule has 7 nitrogen and oxygen atoms in total. The van der Waals surface area contributed by atoms with Crippen molar-refractivity contribution in [1.82, 2.24) is 9.99 Å². The van der Waals surface area contributed by atoms with E-state index in [0.29, 0.717) is 11.3 Å². The van der Waals surface area contributed by atoms with Gasteiger partial charge >= 0.3 is 0 Å². The van der Waals surface area contributed by atoms with Crippen LogP contribution in [0.25, 0.3) is 16.6 Å². The van der Waals surface area contributed by atoms with Gasteiger partial charge in [0, 0.05) is 16.6 Å². The Bertz CT molecular complexity index is 1390. The van der Waals surface area contributed by atoms with Crippen LogP contribution in [0.15, 0.2) is 65.8 Å². The lowest BCUT2D eigenvalue weighted by molar-refractivity contribution is 0.0954. The number of amides is 1. The maximum atomic E-state index is 12.4. The number of aromatic nitrogens is 1. The Kier molecular flexibility index (Phi) is 5.32. The maximum Gasteiger partial charge on any atom is 0.271 e. The van der Waals surface area contributed by atoms with E-state index in [0.717, 1.165) is 33.8 Å². The maximum absolute atomic E-state index is 12.4. The van der Waals surface area contributed by atoms with E-state index >= 15 is 0 Å². The van der Waals surface area contributed by atoms with Crippen LogP contribution in [-0.2, 0) is 0 Å². The summed E-state index contributed by atoms with van der Waals surface area (Å²) in [4.78, 5) is 12.4. The molecule has 1 amide bonds. The number of phenols is 2. The summed E-state index contributed by atoms with van der Waals surface area (Å²) >= 11 is 0. The summed E-state index contributed by atoms with van der Waals surface area (Å²) in [5, 5.41) is 35.1. The number of aromatic hydroxyl groups is 3. The third-order valence-electron chi connectivity index (χ3n) is 5.52. The van der Waals surface area contributed by atoms with E-state index in [4.69, 9.17) is 0 Å². The Hall–Kier alpha value is -4.26. The molecule has 0 atom stereocenters. The molecule has 7 heteroatoms. The lowest BCUT2D eigenvalue weighted by atomic mass is 10.1. The predicted molar refractivity (Wildman–Crippen MR) is 124 cm³/mol. The predicted octanol–water partition coefficient (Wildman–Crippen LogP) is 4.52. The Morgan fingerprint density at radius 2 is 1.66 bits per heavy atom. The molecule has 4 rings (SSSR count). The fourth-order valence-electron chi connectivity index (χ4n) is 3.63. The highest BCUT2D eigenvalue weighted by Crippen LogP contribution is 2.35. The molecule has 1 heterocycles. The van der Waals surface area contributed by atoms with Crippen LogP contribution in [-0.4, -0.2) is 31.5 Å². The second-order valence-corrected chi connectivity index (χ2v) is 7.66. The van der Waals surface area contributed by atoms with Crippen LogP contribution in [0.5, 0.6) is 17.4 Å². The monoisotopic (exact) mass is 429 g/mol. The number of fused-ring (bicyclic) bond motifs is 1. The molecule has 32 heavy (non-hydrogen) atoms. The van der Waals surface area contributed by atoms with E-state index in [-0.39, 0.29) is 17.2 Å². The van der Waals surface area contributed by atoms with E-state index in [2.05, 4.69) is 10.5 Å². The van der Waals surface area contributed by atoms with E-state index in [1.807, 2.05) is 56.3 Å². The average molecular weight is 429 g/mol. The Morgan fingerprint density at radius 1 is 0.906 bits per heavy atom. The van der Waals surface area contributed by atoms with Crippen molar-refractivity contribution in [2.75, 3.05) is 0 Å². The summed E-state index contributed by atoms with van der Waals surface area (Å²) in [6.07, 6.45) is 0. The van der Waals surface area contributed by atoms with Crippen molar-refractivity contribution in [1.29, 1.82) is 0 Å². The molecule has 0 aliphatic carbocycles. The van der Waals surface area contributed by atoms with Crippen LogP contribution < -0.4 is 5.43 Å². The minimum absolute atomic E-state index is 0.0206. The Balaban J connectivity index is 1.75. The van der Waals surface area contributed by atoms with Gasteiger partial charge in [-0.15, -0.1) is 0 Å². The van der Waals surface area contributed by atoms with Crippen molar-refractivity contribution >= 4 is 22.5 Å². The molecular formula is C25H23N3O4. The van der Waals surface area contributed by atoms with Crippen LogP contribution in [0, 0.1) is 13.8 Å². The van der Waals surface area contributed by atoms with E-state index in [1.54, 1.807) is 11.5 Å². The summed E-state index contributed by atoms with van der Waals surface area (Å²) in [7, 11) is 0. The lowest BCUT2D eigenvalue weighted by Gasteiger charge is -2.10. The van der Waals surface area contributed by atoms with Crippen molar-refractivity contribution in [3.05, 3.63) is 82.9 Å². The molecule has 0 fully saturated rings. The summed E-state index contributed by atoms with van der Waals surface area (Å²) in [5.41, 5.74) is 7.40. The zero-order chi connectivity index (χ0) is 23.0. The molecular weight excluding hydrogens is 406 g/mol. The Morgan fingerprint density at radius 3 is 2.38 bits per heavy atom. The minimum Gasteiger partial charge on any atom is -0.504 e. The number of hydrogen-bond donors (Lipinski definition) is 4. The molecule has 0 spiro atoms. The molecule has 0 unspecified atom stereocenters. The number of carbonyl (C=O) groups is 1. The highest BCUT2D eigenvalue weighted by molar-refractivity contribution is 6.13.